The highest BCUT2D eigenvalue weighted by Crippen LogP contribution is 2.32. The van der Waals surface area contributed by atoms with Gasteiger partial charge in [-0.15, -0.1) is 11.3 Å². The fraction of sp³-hybridized carbons (Fsp3) is 0.0769. The third kappa shape index (κ3) is 2.34. The van der Waals surface area contributed by atoms with Crippen molar-refractivity contribution < 1.29 is 18.3 Å². The lowest BCUT2D eigenvalue weighted by Gasteiger charge is -2.26. The van der Waals surface area contributed by atoms with Crippen LogP contribution < -0.4 is 5.32 Å². The van der Waals surface area contributed by atoms with Crippen LogP contribution in [0.15, 0.2) is 40.4 Å². The van der Waals surface area contributed by atoms with Crippen LogP contribution in [0.3, 0.4) is 0 Å². The van der Waals surface area contributed by atoms with Crippen LogP contribution in [0.1, 0.15) is 5.56 Å². The molecule has 22 heavy (non-hydrogen) atoms. The monoisotopic (exact) mass is 337 g/mol. The van der Waals surface area contributed by atoms with Gasteiger partial charge in [0.15, 0.2) is 5.13 Å². The fourth-order valence-corrected chi connectivity index (χ4v) is 3.94. The van der Waals surface area contributed by atoms with Gasteiger partial charge >= 0.3 is 0 Å². The van der Waals surface area contributed by atoms with Gasteiger partial charge in [-0.3, -0.25) is 14.4 Å². The van der Waals surface area contributed by atoms with Gasteiger partial charge in [0, 0.05) is 24.7 Å². The van der Waals surface area contributed by atoms with Gasteiger partial charge in [-0.25, -0.2) is 13.4 Å². The van der Waals surface area contributed by atoms with E-state index in [0.717, 1.165) is 10.4 Å². The molecule has 0 bridgehead atoms. The van der Waals surface area contributed by atoms with Crippen molar-refractivity contribution in [1.82, 2.24) is 9.29 Å². The summed E-state index contributed by atoms with van der Waals surface area (Å²) in [5, 5.41) is 14.1. The summed E-state index contributed by atoms with van der Waals surface area (Å²) in [5.41, 5.74) is 0.327. The number of phenols is 1. The number of nitrogens with zero attached hydrogens (tertiary/aromatic N) is 2. The summed E-state index contributed by atoms with van der Waals surface area (Å²) in [6, 6.07) is 3.98. The second-order valence-electron chi connectivity index (χ2n) is 4.52. The van der Waals surface area contributed by atoms with Crippen molar-refractivity contribution >= 4 is 38.5 Å². The fourth-order valence-electron chi connectivity index (χ4n) is 2.04. The SMILES string of the molecule is CN1C(C(=O)Nc2nccs2)=Cc2ccc(O)cc2S1(=O)=O. The van der Waals surface area contributed by atoms with Gasteiger partial charge in [0.05, 0.1) is 4.90 Å². The molecular formula is C13H11N3O4S2. The molecule has 1 amide bonds. The molecule has 7 nitrogen and oxygen atoms in total. The van der Waals surface area contributed by atoms with Crippen molar-refractivity contribution in [3.8, 4) is 5.75 Å². The van der Waals surface area contributed by atoms with Crippen LogP contribution in [0.2, 0.25) is 0 Å². The zero-order valence-electron chi connectivity index (χ0n) is 11.3. The Morgan fingerprint density at radius 2 is 2.18 bits per heavy atom. The molecule has 0 unspecified atom stereocenters. The molecule has 0 spiro atoms. The van der Waals surface area contributed by atoms with Crippen molar-refractivity contribution in [2.75, 3.05) is 12.4 Å². The molecule has 9 heteroatoms. The third-order valence-corrected chi connectivity index (χ3v) is 5.67. The van der Waals surface area contributed by atoms with Crippen LogP contribution in [0, 0.1) is 0 Å². The van der Waals surface area contributed by atoms with Crippen LogP contribution in [0.4, 0.5) is 5.13 Å². The quantitative estimate of drug-likeness (QED) is 0.864. The highest BCUT2D eigenvalue weighted by molar-refractivity contribution is 7.89. The van der Waals surface area contributed by atoms with E-state index in [-0.39, 0.29) is 16.3 Å². The van der Waals surface area contributed by atoms with Crippen molar-refractivity contribution in [2.45, 2.75) is 4.90 Å². The normalized spacial score (nSPS) is 15.9. The van der Waals surface area contributed by atoms with Gasteiger partial charge < -0.3 is 5.11 Å². The number of anilines is 1. The Morgan fingerprint density at radius 3 is 2.86 bits per heavy atom. The maximum absolute atomic E-state index is 12.5. The van der Waals surface area contributed by atoms with Gasteiger partial charge in [0.2, 0.25) is 0 Å². The Bertz CT molecular complexity index is 873. The topological polar surface area (TPSA) is 99.6 Å². The Kier molecular flexibility index (Phi) is 3.38. The number of hydrogen-bond donors (Lipinski definition) is 2. The van der Waals surface area contributed by atoms with E-state index in [4.69, 9.17) is 0 Å². The minimum atomic E-state index is -3.89. The summed E-state index contributed by atoms with van der Waals surface area (Å²) < 4.78 is 25.8. The van der Waals surface area contributed by atoms with Crippen molar-refractivity contribution in [3.63, 3.8) is 0 Å². The van der Waals surface area contributed by atoms with Crippen LogP contribution in [-0.2, 0) is 14.8 Å². The van der Waals surface area contributed by atoms with Crippen LogP contribution >= 0.6 is 11.3 Å². The molecule has 1 aliphatic heterocycles. The predicted molar refractivity (Wildman–Crippen MR) is 81.8 cm³/mol. The number of nitrogens with one attached hydrogen (secondary N) is 1. The zero-order chi connectivity index (χ0) is 15.9. The predicted octanol–water partition coefficient (Wildman–Crippen LogP) is 1.46. The van der Waals surface area contributed by atoms with Crippen LogP contribution in [-0.4, -0.2) is 35.8 Å². The summed E-state index contributed by atoms with van der Waals surface area (Å²) >= 11 is 1.23. The number of carbonyl (C=O) groups is 1. The molecule has 0 fully saturated rings. The Labute approximate surface area is 130 Å². The molecule has 2 N–H and O–H groups in total. The number of benzene rings is 1. The van der Waals surface area contributed by atoms with Gasteiger partial charge in [0.1, 0.15) is 11.4 Å². The maximum Gasteiger partial charge on any atom is 0.274 e. The van der Waals surface area contributed by atoms with E-state index in [0.29, 0.717) is 10.7 Å². The second kappa shape index (κ2) is 5.11. The number of fused-ring (bicyclic) bond motifs is 1. The number of aromatic hydroxyl groups is 1. The number of aromatic nitrogens is 1. The van der Waals surface area contributed by atoms with E-state index in [1.807, 2.05) is 0 Å². The number of amides is 1. The van der Waals surface area contributed by atoms with Crippen molar-refractivity contribution in [3.05, 3.63) is 41.0 Å². The van der Waals surface area contributed by atoms with Crippen molar-refractivity contribution in [1.29, 1.82) is 0 Å². The highest BCUT2D eigenvalue weighted by Gasteiger charge is 2.33. The molecule has 0 atom stereocenters. The smallest absolute Gasteiger partial charge is 0.274 e. The highest BCUT2D eigenvalue weighted by atomic mass is 32.2. The lowest BCUT2D eigenvalue weighted by Crippen LogP contribution is -2.35. The molecule has 2 heterocycles. The Hall–Kier alpha value is -2.39. The minimum absolute atomic E-state index is 0.0200. The van der Waals surface area contributed by atoms with E-state index in [2.05, 4.69) is 10.3 Å². The molecule has 0 saturated heterocycles. The molecule has 0 radical (unpaired) electrons. The van der Waals surface area contributed by atoms with E-state index in [9.17, 15) is 18.3 Å². The zero-order valence-corrected chi connectivity index (χ0v) is 13.0. The number of rotatable bonds is 2. The van der Waals surface area contributed by atoms with Crippen molar-refractivity contribution in [2.24, 2.45) is 0 Å². The molecule has 1 aromatic carbocycles. The summed E-state index contributed by atoms with van der Waals surface area (Å²) in [6.45, 7) is 0. The van der Waals surface area contributed by atoms with E-state index < -0.39 is 15.9 Å². The van der Waals surface area contributed by atoms with Gasteiger partial charge in [-0.1, -0.05) is 0 Å². The van der Waals surface area contributed by atoms with Gasteiger partial charge in [-0.05, 0) is 23.8 Å². The number of thiazole rings is 1. The minimum Gasteiger partial charge on any atom is -0.508 e. The molecule has 1 aromatic heterocycles. The van der Waals surface area contributed by atoms with E-state index in [1.54, 1.807) is 5.38 Å². The first-order chi connectivity index (χ1) is 10.4. The molecule has 1 aliphatic rings. The van der Waals surface area contributed by atoms with Crippen LogP contribution in [0.25, 0.3) is 6.08 Å². The Balaban J connectivity index is 2.05. The lowest BCUT2D eigenvalue weighted by atomic mass is 10.1. The van der Waals surface area contributed by atoms with Gasteiger partial charge in [0.25, 0.3) is 15.9 Å². The first kappa shape index (κ1) is 14.5. The molecule has 2 aromatic rings. The molecule has 3 rings (SSSR count). The average molecular weight is 337 g/mol. The van der Waals surface area contributed by atoms with Gasteiger partial charge in [-0.2, -0.15) is 0 Å². The molecule has 0 saturated carbocycles. The molecule has 114 valence electrons. The molecule has 0 aliphatic carbocycles. The summed E-state index contributed by atoms with van der Waals surface area (Å²) in [5.74, 6) is -0.723. The number of hydrogen-bond acceptors (Lipinski definition) is 6. The summed E-state index contributed by atoms with van der Waals surface area (Å²) in [4.78, 5) is 16.2. The number of sulfonamides is 1. The first-order valence-corrected chi connectivity index (χ1v) is 8.46. The summed E-state index contributed by atoms with van der Waals surface area (Å²) in [7, 11) is -2.60. The number of phenolic OH excluding ortho intramolecular Hbond substituents is 1. The third-order valence-electron chi connectivity index (χ3n) is 3.15. The maximum atomic E-state index is 12.5. The summed E-state index contributed by atoms with van der Waals surface area (Å²) in [6.07, 6.45) is 2.99. The molecular weight excluding hydrogens is 326 g/mol. The average Bonchev–Trinajstić information content (AvgIpc) is 2.96. The first-order valence-electron chi connectivity index (χ1n) is 6.14. The van der Waals surface area contributed by atoms with Crippen LogP contribution in [0.5, 0.6) is 5.75 Å². The largest absolute Gasteiger partial charge is 0.508 e. The Morgan fingerprint density at radius 1 is 1.41 bits per heavy atom. The number of likely N-dealkylation sites (N-methyl/N-ethyl adjacent to an activating group) is 1. The van der Waals surface area contributed by atoms with E-state index in [1.165, 1.54) is 42.8 Å². The van der Waals surface area contributed by atoms with E-state index >= 15 is 0 Å². The standard InChI is InChI=1S/C13H11N3O4S2/c1-16-10(12(18)15-13-14-4-5-21-13)6-8-2-3-9(17)7-11(8)22(16,19)20/h2-7,17H,1H3,(H,14,15,18). The lowest BCUT2D eigenvalue weighted by molar-refractivity contribution is -0.113. The second-order valence-corrected chi connectivity index (χ2v) is 7.35. The number of carbonyl (C=O) groups excluding carboxylic acids is 1.